The summed E-state index contributed by atoms with van der Waals surface area (Å²) in [5.74, 6) is -0.733. The fourth-order valence-corrected chi connectivity index (χ4v) is 4.70. The van der Waals surface area contributed by atoms with Crippen LogP contribution in [0.1, 0.15) is 86.0 Å². The molecule has 0 bridgehead atoms. The second kappa shape index (κ2) is 12.2. The van der Waals surface area contributed by atoms with Crippen LogP contribution in [-0.2, 0) is 19.1 Å². The fourth-order valence-electron chi connectivity index (χ4n) is 4.70. The van der Waals surface area contributed by atoms with Gasteiger partial charge in [0.25, 0.3) is 0 Å². The van der Waals surface area contributed by atoms with E-state index < -0.39 is 12.1 Å². The Bertz CT molecular complexity index is 810. The van der Waals surface area contributed by atoms with Crippen LogP contribution in [0.5, 0.6) is 0 Å². The molecular weight excluding hydrogens is 404 g/mol. The van der Waals surface area contributed by atoms with E-state index in [4.69, 9.17) is 9.47 Å². The maximum Gasteiger partial charge on any atom is 0.331 e. The highest BCUT2D eigenvalue weighted by molar-refractivity contribution is 5.85. The van der Waals surface area contributed by atoms with E-state index in [1.807, 2.05) is 6.08 Å². The largest absolute Gasteiger partial charge is 0.461 e. The number of allylic oxidation sites excluding steroid dienone is 4. The predicted octanol–water partition coefficient (Wildman–Crippen LogP) is 5.74. The predicted molar refractivity (Wildman–Crippen MR) is 127 cm³/mol. The van der Waals surface area contributed by atoms with Crippen molar-refractivity contribution in [2.45, 2.75) is 92.1 Å². The zero-order valence-electron chi connectivity index (χ0n) is 20.5. The molecular formula is C27H40O5. The van der Waals surface area contributed by atoms with E-state index in [0.29, 0.717) is 17.4 Å². The van der Waals surface area contributed by atoms with Gasteiger partial charge in [-0.1, -0.05) is 42.7 Å². The first-order chi connectivity index (χ1) is 15.1. The molecule has 0 saturated heterocycles. The van der Waals surface area contributed by atoms with Crippen molar-refractivity contribution in [2.75, 3.05) is 13.2 Å². The molecule has 1 aliphatic carbocycles. The van der Waals surface area contributed by atoms with Gasteiger partial charge in [0.2, 0.25) is 0 Å². The summed E-state index contributed by atoms with van der Waals surface area (Å²) in [5, 5.41) is 9.39. The summed E-state index contributed by atoms with van der Waals surface area (Å²) in [6.45, 7) is 10.7. The number of aliphatic hydroxyl groups excluding tert-OH is 1. The monoisotopic (exact) mass is 444 g/mol. The molecule has 0 aromatic carbocycles. The minimum Gasteiger partial charge on any atom is -0.461 e. The molecule has 2 rings (SSSR count). The van der Waals surface area contributed by atoms with E-state index in [0.717, 1.165) is 31.3 Å². The third kappa shape index (κ3) is 8.09. The smallest absolute Gasteiger partial charge is 0.331 e. The standard InChI is InChI=1S/C27H40O5/c1-19(11-13-24-20(2)9-7-15-27(24,4)5)8-6-10-22(18-31-21(3)29)12-14-25-23(17-28)16-26(30)32-25/h8,12,16,25,28H,6-7,9-11,13-15,17-18H2,1-5H3/b19-8+,22-12-/t25-/m1/s1. The van der Waals surface area contributed by atoms with E-state index in [-0.39, 0.29) is 19.2 Å². The number of aliphatic hydroxyl groups is 1. The van der Waals surface area contributed by atoms with Crippen LogP contribution in [0.4, 0.5) is 0 Å². The van der Waals surface area contributed by atoms with E-state index >= 15 is 0 Å². The average molecular weight is 445 g/mol. The third-order valence-corrected chi connectivity index (χ3v) is 6.65. The molecule has 32 heavy (non-hydrogen) atoms. The number of ether oxygens (including phenoxy) is 2. The van der Waals surface area contributed by atoms with Gasteiger partial charge in [0.1, 0.15) is 12.7 Å². The van der Waals surface area contributed by atoms with Crippen LogP contribution in [0, 0.1) is 5.41 Å². The highest BCUT2D eigenvalue weighted by Gasteiger charge is 2.27. The lowest BCUT2D eigenvalue weighted by molar-refractivity contribution is -0.140. The van der Waals surface area contributed by atoms with Crippen LogP contribution < -0.4 is 0 Å². The Morgan fingerprint density at radius 2 is 2.03 bits per heavy atom. The molecule has 1 atom stereocenters. The minimum atomic E-state index is -0.438. The molecule has 0 spiro atoms. The summed E-state index contributed by atoms with van der Waals surface area (Å²) in [5.41, 5.74) is 6.48. The zero-order valence-corrected chi connectivity index (χ0v) is 20.5. The second-order valence-electron chi connectivity index (χ2n) is 9.77. The lowest BCUT2D eigenvalue weighted by Gasteiger charge is -2.35. The van der Waals surface area contributed by atoms with Crippen molar-refractivity contribution in [1.29, 1.82) is 0 Å². The maximum atomic E-state index is 11.5. The average Bonchev–Trinajstić information content (AvgIpc) is 3.08. The van der Waals surface area contributed by atoms with Crippen molar-refractivity contribution in [3.8, 4) is 0 Å². The van der Waals surface area contributed by atoms with Gasteiger partial charge >= 0.3 is 11.9 Å². The van der Waals surface area contributed by atoms with Gasteiger partial charge in [0.05, 0.1) is 6.61 Å². The quantitative estimate of drug-likeness (QED) is 0.325. The van der Waals surface area contributed by atoms with Gasteiger partial charge in [0.15, 0.2) is 0 Å². The normalized spacial score (nSPS) is 21.5. The SMILES string of the molecule is CC(=O)OC/C(=C\C[C@H]1OC(=O)C=C1CO)CC/C=C(\C)CCC1=C(C)CCCC1(C)C. The van der Waals surface area contributed by atoms with Crippen LogP contribution in [0.2, 0.25) is 0 Å². The molecule has 0 saturated carbocycles. The molecule has 178 valence electrons. The molecule has 5 nitrogen and oxygen atoms in total. The highest BCUT2D eigenvalue weighted by atomic mass is 16.5. The Hall–Kier alpha value is -2.14. The third-order valence-electron chi connectivity index (χ3n) is 6.65. The van der Waals surface area contributed by atoms with Crippen molar-refractivity contribution in [3.05, 3.63) is 46.1 Å². The van der Waals surface area contributed by atoms with Crippen LogP contribution in [0.15, 0.2) is 46.1 Å². The summed E-state index contributed by atoms with van der Waals surface area (Å²) in [6, 6.07) is 0. The topological polar surface area (TPSA) is 72.8 Å². The molecule has 0 aromatic rings. The molecule has 1 N–H and O–H groups in total. The Labute approximate surface area is 193 Å². The van der Waals surface area contributed by atoms with Gasteiger partial charge in [-0.15, -0.1) is 0 Å². The number of cyclic esters (lactones) is 1. The minimum absolute atomic E-state index is 0.196. The van der Waals surface area contributed by atoms with Crippen LogP contribution in [0.3, 0.4) is 0 Å². The van der Waals surface area contributed by atoms with Crippen LogP contribution in [0.25, 0.3) is 0 Å². The zero-order chi connectivity index (χ0) is 23.7. The van der Waals surface area contributed by atoms with Gasteiger partial charge in [-0.2, -0.15) is 0 Å². The van der Waals surface area contributed by atoms with E-state index in [1.165, 1.54) is 37.8 Å². The number of carbonyl (C=O) groups excluding carboxylic acids is 2. The first-order valence-electron chi connectivity index (χ1n) is 11.8. The van der Waals surface area contributed by atoms with Gasteiger partial charge in [0, 0.05) is 25.0 Å². The number of rotatable bonds is 11. The van der Waals surface area contributed by atoms with E-state index in [2.05, 4.69) is 33.8 Å². The van der Waals surface area contributed by atoms with Crippen molar-refractivity contribution in [1.82, 2.24) is 0 Å². The summed E-state index contributed by atoms with van der Waals surface area (Å²) in [6.07, 6.45) is 13.3. The fraction of sp³-hybridized carbons (Fsp3) is 0.630. The van der Waals surface area contributed by atoms with E-state index in [9.17, 15) is 14.7 Å². The van der Waals surface area contributed by atoms with Crippen LogP contribution in [-0.4, -0.2) is 36.4 Å². The van der Waals surface area contributed by atoms with Gasteiger partial charge in [-0.05, 0) is 69.8 Å². The lowest BCUT2D eigenvalue weighted by atomic mass is 9.71. The molecule has 1 heterocycles. The second-order valence-corrected chi connectivity index (χ2v) is 9.77. The van der Waals surface area contributed by atoms with Gasteiger partial charge < -0.3 is 14.6 Å². The summed E-state index contributed by atoms with van der Waals surface area (Å²) < 4.78 is 10.4. The Kier molecular flexibility index (Phi) is 9.95. The molecule has 0 amide bonds. The van der Waals surface area contributed by atoms with Crippen molar-refractivity contribution >= 4 is 11.9 Å². The Morgan fingerprint density at radius 1 is 1.28 bits per heavy atom. The number of hydrogen-bond donors (Lipinski definition) is 1. The lowest BCUT2D eigenvalue weighted by Crippen LogP contribution is -2.20. The molecule has 2 aliphatic rings. The molecule has 5 heteroatoms. The number of hydrogen-bond acceptors (Lipinski definition) is 5. The van der Waals surface area contributed by atoms with Crippen molar-refractivity contribution < 1.29 is 24.2 Å². The summed E-state index contributed by atoms with van der Waals surface area (Å²) in [4.78, 5) is 22.7. The maximum absolute atomic E-state index is 11.5. The molecule has 0 unspecified atom stereocenters. The summed E-state index contributed by atoms with van der Waals surface area (Å²) >= 11 is 0. The number of esters is 2. The first-order valence-corrected chi connectivity index (χ1v) is 11.8. The summed E-state index contributed by atoms with van der Waals surface area (Å²) in [7, 11) is 0. The molecule has 0 fully saturated rings. The Morgan fingerprint density at radius 3 is 2.69 bits per heavy atom. The van der Waals surface area contributed by atoms with Crippen LogP contribution >= 0.6 is 0 Å². The van der Waals surface area contributed by atoms with Gasteiger partial charge in [-0.25, -0.2) is 4.79 Å². The number of carbonyl (C=O) groups is 2. The first kappa shape index (κ1) is 26.1. The van der Waals surface area contributed by atoms with Crippen molar-refractivity contribution in [3.63, 3.8) is 0 Å². The molecule has 0 radical (unpaired) electrons. The molecule has 0 aromatic heterocycles. The molecule has 1 aliphatic heterocycles. The highest BCUT2D eigenvalue weighted by Crippen LogP contribution is 2.42. The Balaban J connectivity index is 1.92. The van der Waals surface area contributed by atoms with Crippen molar-refractivity contribution in [2.24, 2.45) is 5.41 Å². The van der Waals surface area contributed by atoms with Gasteiger partial charge in [-0.3, -0.25) is 4.79 Å². The van der Waals surface area contributed by atoms with E-state index in [1.54, 1.807) is 11.1 Å².